The minimum absolute atomic E-state index is 0.0441. The van der Waals surface area contributed by atoms with Crippen LogP contribution in [0.4, 0.5) is 0 Å². The smallest absolute Gasteiger partial charge is 0.254 e. The number of nitrogens with zero attached hydrogens (tertiary/aromatic N) is 2. The molecule has 1 aliphatic heterocycles. The summed E-state index contributed by atoms with van der Waals surface area (Å²) in [6, 6.07) is 18.9. The highest BCUT2D eigenvalue weighted by atomic mass is 32.1. The molecule has 0 saturated carbocycles. The lowest BCUT2D eigenvalue weighted by atomic mass is 10.1. The molecule has 7 heteroatoms. The lowest BCUT2D eigenvalue weighted by Crippen LogP contribution is -2.42. The molecule has 6 nitrogen and oxygen atoms in total. The van der Waals surface area contributed by atoms with Crippen LogP contribution in [0.15, 0.2) is 78.7 Å². The predicted molar refractivity (Wildman–Crippen MR) is 124 cm³/mol. The van der Waals surface area contributed by atoms with Crippen molar-refractivity contribution < 1.29 is 19.1 Å². The van der Waals surface area contributed by atoms with Gasteiger partial charge in [0.05, 0.1) is 6.54 Å². The molecule has 0 aliphatic carbocycles. The summed E-state index contributed by atoms with van der Waals surface area (Å²) in [7, 11) is 0. The van der Waals surface area contributed by atoms with Crippen LogP contribution in [0.3, 0.4) is 0 Å². The standard InChI is InChI=1S/C25H24N2O4S/c1-2-12-26(25(29)20-10-11-22-23(14-20)31-18-30-22)17-24(28)27(16-21-9-6-13-32-21)15-19-7-4-3-5-8-19/h2-11,13-14H,1,12,15-18H2. The third-order valence-electron chi connectivity index (χ3n) is 5.08. The summed E-state index contributed by atoms with van der Waals surface area (Å²) in [5.41, 5.74) is 1.48. The maximum atomic E-state index is 13.3. The van der Waals surface area contributed by atoms with Crippen LogP contribution in [-0.2, 0) is 17.9 Å². The Morgan fingerprint density at radius 3 is 2.53 bits per heavy atom. The Hall–Kier alpha value is -3.58. The van der Waals surface area contributed by atoms with E-state index in [9.17, 15) is 9.59 Å². The van der Waals surface area contributed by atoms with Crippen molar-refractivity contribution in [3.63, 3.8) is 0 Å². The van der Waals surface area contributed by atoms with Crippen molar-refractivity contribution in [2.24, 2.45) is 0 Å². The Kier molecular flexibility index (Phi) is 6.87. The summed E-state index contributed by atoms with van der Waals surface area (Å²) in [6.07, 6.45) is 1.62. The van der Waals surface area contributed by atoms with Gasteiger partial charge in [-0.15, -0.1) is 17.9 Å². The third kappa shape index (κ3) is 5.18. The van der Waals surface area contributed by atoms with Crippen LogP contribution in [-0.4, -0.2) is 41.5 Å². The first-order chi connectivity index (χ1) is 15.6. The minimum Gasteiger partial charge on any atom is -0.454 e. The summed E-state index contributed by atoms with van der Waals surface area (Å²) < 4.78 is 10.7. The van der Waals surface area contributed by atoms with Crippen molar-refractivity contribution in [3.05, 3.63) is 94.7 Å². The third-order valence-corrected chi connectivity index (χ3v) is 5.94. The lowest BCUT2D eigenvalue weighted by Gasteiger charge is -2.27. The second kappa shape index (κ2) is 10.2. The molecule has 1 aromatic heterocycles. The molecule has 2 aromatic carbocycles. The van der Waals surface area contributed by atoms with E-state index < -0.39 is 0 Å². The van der Waals surface area contributed by atoms with Crippen molar-refractivity contribution in [1.82, 2.24) is 9.80 Å². The molecule has 0 saturated heterocycles. The first-order valence-corrected chi connectivity index (χ1v) is 11.2. The monoisotopic (exact) mass is 448 g/mol. The minimum atomic E-state index is -0.257. The highest BCUT2D eigenvalue weighted by Gasteiger charge is 2.24. The molecule has 2 amide bonds. The lowest BCUT2D eigenvalue weighted by molar-refractivity contribution is -0.133. The van der Waals surface area contributed by atoms with E-state index in [0.29, 0.717) is 30.2 Å². The first-order valence-electron chi connectivity index (χ1n) is 10.3. The summed E-state index contributed by atoms with van der Waals surface area (Å²) >= 11 is 1.61. The van der Waals surface area contributed by atoms with E-state index in [0.717, 1.165) is 10.4 Å². The SMILES string of the molecule is C=CCN(CC(=O)N(Cc1ccccc1)Cc1cccs1)C(=O)c1ccc2c(c1)OCO2. The first kappa shape index (κ1) is 21.6. The summed E-state index contributed by atoms with van der Waals surface area (Å²) in [6.45, 7) is 5.07. The van der Waals surface area contributed by atoms with Crippen molar-refractivity contribution in [1.29, 1.82) is 0 Å². The van der Waals surface area contributed by atoms with Crippen molar-refractivity contribution in [2.75, 3.05) is 19.9 Å². The number of amides is 2. The average molecular weight is 449 g/mol. The fraction of sp³-hybridized carbons (Fsp3) is 0.200. The van der Waals surface area contributed by atoms with E-state index in [1.807, 2.05) is 47.8 Å². The van der Waals surface area contributed by atoms with Gasteiger partial charge in [0.25, 0.3) is 5.91 Å². The molecule has 2 heterocycles. The highest BCUT2D eigenvalue weighted by Crippen LogP contribution is 2.32. The van der Waals surface area contributed by atoms with Gasteiger partial charge in [-0.1, -0.05) is 42.5 Å². The Labute approximate surface area is 191 Å². The number of carbonyl (C=O) groups excluding carboxylic acids is 2. The summed E-state index contributed by atoms with van der Waals surface area (Å²) in [5.74, 6) is 0.757. The van der Waals surface area contributed by atoms with E-state index in [2.05, 4.69) is 6.58 Å². The maximum absolute atomic E-state index is 13.3. The fourth-order valence-corrected chi connectivity index (χ4v) is 4.20. The Morgan fingerprint density at radius 1 is 0.969 bits per heavy atom. The molecule has 1 aliphatic rings. The number of hydrogen-bond acceptors (Lipinski definition) is 5. The van der Waals surface area contributed by atoms with Crippen LogP contribution in [0, 0.1) is 0 Å². The molecule has 0 spiro atoms. The van der Waals surface area contributed by atoms with Crippen LogP contribution in [0.1, 0.15) is 20.8 Å². The zero-order chi connectivity index (χ0) is 22.3. The second-order valence-corrected chi connectivity index (χ2v) is 8.39. The van der Waals surface area contributed by atoms with Gasteiger partial charge in [0.1, 0.15) is 6.54 Å². The van der Waals surface area contributed by atoms with Gasteiger partial charge in [-0.2, -0.15) is 0 Å². The van der Waals surface area contributed by atoms with Crippen LogP contribution in [0.5, 0.6) is 11.5 Å². The summed E-state index contributed by atoms with van der Waals surface area (Å²) in [4.78, 5) is 30.9. The second-order valence-electron chi connectivity index (χ2n) is 7.36. The zero-order valence-corrected chi connectivity index (χ0v) is 18.4. The van der Waals surface area contributed by atoms with E-state index in [4.69, 9.17) is 9.47 Å². The Bertz CT molecular complexity index is 1080. The topological polar surface area (TPSA) is 59.1 Å². The Balaban J connectivity index is 1.52. The zero-order valence-electron chi connectivity index (χ0n) is 17.6. The molecular formula is C25H24N2O4S. The molecule has 0 bridgehead atoms. The molecular weight excluding hydrogens is 424 g/mol. The van der Waals surface area contributed by atoms with Gasteiger partial charge < -0.3 is 19.3 Å². The van der Waals surface area contributed by atoms with Crippen molar-refractivity contribution in [2.45, 2.75) is 13.1 Å². The Morgan fingerprint density at radius 2 is 1.78 bits per heavy atom. The van der Waals surface area contributed by atoms with E-state index >= 15 is 0 Å². The molecule has 0 atom stereocenters. The quantitative estimate of drug-likeness (QED) is 0.457. The molecule has 0 fully saturated rings. The maximum Gasteiger partial charge on any atom is 0.254 e. The van der Waals surface area contributed by atoms with E-state index in [-0.39, 0.29) is 31.7 Å². The number of carbonyl (C=O) groups is 2. The van der Waals surface area contributed by atoms with Crippen LogP contribution >= 0.6 is 11.3 Å². The molecule has 32 heavy (non-hydrogen) atoms. The number of benzene rings is 2. The number of fused-ring (bicyclic) bond motifs is 1. The molecule has 164 valence electrons. The highest BCUT2D eigenvalue weighted by molar-refractivity contribution is 7.09. The fourth-order valence-electron chi connectivity index (χ4n) is 3.48. The van der Waals surface area contributed by atoms with E-state index in [1.165, 1.54) is 4.90 Å². The summed E-state index contributed by atoms with van der Waals surface area (Å²) in [5, 5.41) is 1.99. The van der Waals surface area contributed by atoms with Crippen LogP contribution in [0.25, 0.3) is 0 Å². The van der Waals surface area contributed by atoms with Crippen molar-refractivity contribution >= 4 is 23.2 Å². The van der Waals surface area contributed by atoms with Gasteiger partial charge in [0, 0.05) is 23.5 Å². The normalized spacial score (nSPS) is 11.8. The molecule has 4 rings (SSSR count). The van der Waals surface area contributed by atoms with Gasteiger partial charge in [-0.25, -0.2) is 0 Å². The van der Waals surface area contributed by atoms with Gasteiger partial charge in [0.15, 0.2) is 11.5 Å². The van der Waals surface area contributed by atoms with Crippen LogP contribution < -0.4 is 9.47 Å². The molecule has 0 N–H and O–H groups in total. The molecule has 3 aromatic rings. The average Bonchev–Trinajstić information content (AvgIpc) is 3.50. The van der Waals surface area contributed by atoms with Crippen molar-refractivity contribution in [3.8, 4) is 11.5 Å². The predicted octanol–water partition coefficient (Wildman–Crippen LogP) is 4.33. The van der Waals surface area contributed by atoms with Gasteiger partial charge in [-0.05, 0) is 35.2 Å². The number of hydrogen-bond donors (Lipinski definition) is 0. The number of ether oxygens (including phenoxy) is 2. The van der Waals surface area contributed by atoms with Crippen LogP contribution in [0.2, 0.25) is 0 Å². The van der Waals surface area contributed by atoms with Gasteiger partial charge >= 0.3 is 0 Å². The van der Waals surface area contributed by atoms with Gasteiger partial charge in [-0.3, -0.25) is 9.59 Å². The molecule has 0 radical (unpaired) electrons. The van der Waals surface area contributed by atoms with E-state index in [1.54, 1.807) is 40.5 Å². The number of thiophene rings is 1. The number of rotatable bonds is 9. The van der Waals surface area contributed by atoms with Gasteiger partial charge in [0.2, 0.25) is 12.7 Å². The molecule has 0 unspecified atom stereocenters. The largest absolute Gasteiger partial charge is 0.454 e.